The number of para-hydroxylation sites is 1. The fraction of sp³-hybridized carbons (Fsp3) is 0.0750. The van der Waals surface area contributed by atoms with Gasteiger partial charge in [-0.2, -0.15) is 0 Å². The number of hydrogen-bond acceptors (Lipinski definition) is 4. The van der Waals surface area contributed by atoms with Crippen molar-refractivity contribution in [3.05, 3.63) is 139 Å². The second-order valence-corrected chi connectivity index (χ2v) is 12.0. The lowest BCUT2D eigenvalue weighted by Crippen LogP contribution is -2.15. The number of hydrogen-bond donors (Lipinski definition) is 0. The summed E-state index contributed by atoms with van der Waals surface area (Å²) in [6.45, 7) is 4.63. The van der Waals surface area contributed by atoms with Gasteiger partial charge in [-0.05, 0) is 57.3 Å². The van der Waals surface area contributed by atoms with Crippen LogP contribution >= 0.6 is 0 Å². The van der Waals surface area contributed by atoms with Gasteiger partial charge in [0.05, 0.1) is 0 Å². The Bertz CT molecular complexity index is 2420. The van der Waals surface area contributed by atoms with Gasteiger partial charge in [-0.1, -0.05) is 117 Å². The molecule has 0 N–H and O–H groups in total. The maximum absolute atomic E-state index is 6.25. The summed E-state index contributed by atoms with van der Waals surface area (Å²) in [7, 11) is 0. The first kappa shape index (κ1) is 24.9. The molecule has 0 saturated carbocycles. The molecule has 44 heavy (non-hydrogen) atoms. The van der Waals surface area contributed by atoms with Crippen LogP contribution in [0.25, 0.3) is 78.0 Å². The van der Waals surface area contributed by atoms with Crippen LogP contribution in [0.15, 0.2) is 132 Å². The first-order valence-corrected chi connectivity index (χ1v) is 15.0. The summed E-state index contributed by atoms with van der Waals surface area (Å²) < 4.78 is 6.25. The Morgan fingerprint density at radius 2 is 1.14 bits per heavy atom. The lowest BCUT2D eigenvalue weighted by molar-refractivity contribution is 0.661. The van der Waals surface area contributed by atoms with Crippen LogP contribution in [0.4, 0.5) is 0 Å². The van der Waals surface area contributed by atoms with Crippen molar-refractivity contribution in [2.75, 3.05) is 0 Å². The zero-order valence-electron chi connectivity index (χ0n) is 24.4. The van der Waals surface area contributed by atoms with Crippen molar-refractivity contribution in [2.45, 2.75) is 19.3 Å². The molecule has 2 heterocycles. The van der Waals surface area contributed by atoms with Gasteiger partial charge < -0.3 is 4.42 Å². The minimum Gasteiger partial charge on any atom is -0.456 e. The number of aromatic nitrogens is 3. The summed E-state index contributed by atoms with van der Waals surface area (Å²) in [6, 6.07) is 44.2. The van der Waals surface area contributed by atoms with E-state index in [1.165, 1.54) is 27.6 Å². The van der Waals surface area contributed by atoms with Crippen molar-refractivity contribution in [3.63, 3.8) is 0 Å². The van der Waals surface area contributed by atoms with E-state index in [9.17, 15) is 0 Å². The van der Waals surface area contributed by atoms with E-state index >= 15 is 0 Å². The highest BCUT2D eigenvalue weighted by molar-refractivity contribution is 6.08. The lowest BCUT2D eigenvalue weighted by Gasteiger charge is -2.22. The molecule has 4 heteroatoms. The average molecular weight is 566 g/mol. The molecule has 6 aromatic carbocycles. The molecule has 2 aromatic heterocycles. The normalized spacial score (nSPS) is 13.4. The minimum atomic E-state index is -0.158. The van der Waals surface area contributed by atoms with Crippen LogP contribution in [0.5, 0.6) is 0 Å². The highest BCUT2D eigenvalue weighted by atomic mass is 16.3. The number of nitrogens with zero attached hydrogens (tertiary/aromatic N) is 3. The number of furan rings is 1. The van der Waals surface area contributed by atoms with E-state index in [-0.39, 0.29) is 5.41 Å². The van der Waals surface area contributed by atoms with E-state index in [2.05, 4.69) is 105 Å². The minimum absolute atomic E-state index is 0.158. The van der Waals surface area contributed by atoms with Gasteiger partial charge in [-0.15, -0.1) is 0 Å². The van der Waals surface area contributed by atoms with Gasteiger partial charge in [0, 0.05) is 32.9 Å². The molecule has 0 radical (unpaired) electrons. The average Bonchev–Trinajstić information content (AvgIpc) is 3.55. The molecule has 9 rings (SSSR count). The van der Waals surface area contributed by atoms with Gasteiger partial charge in [0.2, 0.25) is 0 Å². The molecule has 4 nitrogen and oxygen atoms in total. The first-order chi connectivity index (χ1) is 21.6. The van der Waals surface area contributed by atoms with Crippen LogP contribution in [0.2, 0.25) is 0 Å². The van der Waals surface area contributed by atoms with Crippen molar-refractivity contribution >= 4 is 32.7 Å². The molecule has 0 aliphatic heterocycles. The summed E-state index contributed by atoms with van der Waals surface area (Å²) in [6.07, 6.45) is 0. The predicted octanol–water partition coefficient (Wildman–Crippen LogP) is 10.2. The molecule has 0 fully saturated rings. The second-order valence-electron chi connectivity index (χ2n) is 12.0. The quantitative estimate of drug-likeness (QED) is 0.214. The lowest BCUT2D eigenvalue weighted by atomic mass is 9.81. The van der Waals surface area contributed by atoms with E-state index < -0.39 is 0 Å². The molecule has 0 bridgehead atoms. The molecule has 0 amide bonds. The summed E-state index contributed by atoms with van der Waals surface area (Å²) >= 11 is 0. The van der Waals surface area contributed by atoms with Crippen molar-refractivity contribution < 1.29 is 4.42 Å². The topological polar surface area (TPSA) is 51.8 Å². The van der Waals surface area contributed by atoms with Crippen molar-refractivity contribution in [3.8, 4) is 45.3 Å². The Kier molecular flexibility index (Phi) is 5.21. The van der Waals surface area contributed by atoms with Crippen LogP contribution < -0.4 is 0 Å². The highest BCUT2D eigenvalue weighted by Crippen LogP contribution is 2.54. The Hall–Kier alpha value is -5.61. The van der Waals surface area contributed by atoms with Crippen molar-refractivity contribution in [2.24, 2.45) is 0 Å². The van der Waals surface area contributed by atoms with E-state index in [0.29, 0.717) is 17.5 Å². The smallest absolute Gasteiger partial charge is 0.165 e. The van der Waals surface area contributed by atoms with Crippen LogP contribution in [0, 0.1) is 0 Å². The Morgan fingerprint density at radius 1 is 0.477 bits per heavy atom. The summed E-state index contributed by atoms with van der Waals surface area (Å²) in [5.41, 5.74) is 9.45. The molecule has 208 valence electrons. The van der Waals surface area contributed by atoms with Crippen molar-refractivity contribution in [1.82, 2.24) is 15.0 Å². The number of benzene rings is 6. The summed E-state index contributed by atoms with van der Waals surface area (Å²) in [5, 5.41) is 4.48. The third-order valence-corrected chi connectivity index (χ3v) is 9.12. The molecular weight excluding hydrogens is 538 g/mol. The Morgan fingerprint density at radius 3 is 2.00 bits per heavy atom. The molecule has 1 aliphatic rings. The number of fused-ring (bicyclic) bond motifs is 7. The van der Waals surface area contributed by atoms with Crippen LogP contribution in [0.1, 0.15) is 25.0 Å². The molecule has 0 spiro atoms. The van der Waals surface area contributed by atoms with Gasteiger partial charge in [0.15, 0.2) is 17.5 Å². The fourth-order valence-corrected chi connectivity index (χ4v) is 6.94. The molecule has 0 saturated heterocycles. The second kappa shape index (κ2) is 9.19. The first-order valence-electron chi connectivity index (χ1n) is 15.0. The van der Waals surface area contributed by atoms with Crippen LogP contribution in [-0.4, -0.2) is 15.0 Å². The van der Waals surface area contributed by atoms with E-state index in [1.54, 1.807) is 0 Å². The van der Waals surface area contributed by atoms with Gasteiger partial charge >= 0.3 is 0 Å². The maximum Gasteiger partial charge on any atom is 0.165 e. The van der Waals surface area contributed by atoms with Gasteiger partial charge in [0.1, 0.15) is 11.2 Å². The molecule has 1 aliphatic carbocycles. The van der Waals surface area contributed by atoms with Gasteiger partial charge in [-0.25, -0.2) is 15.0 Å². The molecule has 8 aromatic rings. The maximum atomic E-state index is 6.25. The van der Waals surface area contributed by atoms with E-state index in [0.717, 1.165) is 44.0 Å². The van der Waals surface area contributed by atoms with E-state index in [4.69, 9.17) is 19.4 Å². The van der Waals surface area contributed by atoms with E-state index in [1.807, 2.05) is 36.4 Å². The molecule has 0 atom stereocenters. The highest BCUT2D eigenvalue weighted by Gasteiger charge is 2.38. The molecule has 0 unspecified atom stereocenters. The zero-order valence-corrected chi connectivity index (χ0v) is 24.4. The standard InChI is InChI=1S/C40H27N3O/c1-40(2)31-18-10-8-17-30(31)35-32(40)22-25-14-6-7-15-27(25)36(35)39-42-37(24-12-4-3-5-13-24)41-38(43-39)26-20-21-29-28-16-9-11-19-33(28)44-34(29)23-26/h3-23H,1-2H3. The summed E-state index contributed by atoms with van der Waals surface area (Å²) in [4.78, 5) is 15.5. The zero-order chi connectivity index (χ0) is 29.4. The fourth-order valence-electron chi connectivity index (χ4n) is 6.94. The predicted molar refractivity (Wildman–Crippen MR) is 178 cm³/mol. The monoisotopic (exact) mass is 565 g/mol. The van der Waals surface area contributed by atoms with Gasteiger partial charge in [-0.3, -0.25) is 0 Å². The van der Waals surface area contributed by atoms with Crippen LogP contribution in [-0.2, 0) is 5.41 Å². The Labute approximate surface area is 254 Å². The largest absolute Gasteiger partial charge is 0.456 e. The van der Waals surface area contributed by atoms with Crippen molar-refractivity contribution in [1.29, 1.82) is 0 Å². The van der Waals surface area contributed by atoms with Gasteiger partial charge in [0.25, 0.3) is 0 Å². The van der Waals surface area contributed by atoms with Crippen LogP contribution in [0.3, 0.4) is 0 Å². The molecular formula is C40H27N3O. The Balaban J connectivity index is 1.36. The third-order valence-electron chi connectivity index (χ3n) is 9.12. The third kappa shape index (κ3) is 3.61. The SMILES string of the molecule is CC1(C)c2ccccc2-c2c1cc1ccccc1c2-c1nc(-c2ccccc2)nc(-c2ccc3c(c2)oc2ccccc23)n1. The number of rotatable bonds is 3. The summed E-state index contributed by atoms with van der Waals surface area (Å²) in [5.74, 6) is 1.92.